The summed E-state index contributed by atoms with van der Waals surface area (Å²) in [6.07, 6.45) is 2.69. The molecule has 3 nitrogen and oxygen atoms in total. The number of hydrogen-bond acceptors (Lipinski definition) is 2. The monoisotopic (exact) mass is 285 g/mol. The van der Waals surface area contributed by atoms with Gasteiger partial charge in [0.05, 0.1) is 17.6 Å². The molecule has 106 valence electrons. The molecule has 3 aromatic rings. The molecule has 0 N–H and O–H groups in total. The first-order valence-electron chi connectivity index (χ1n) is 6.63. The Morgan fingerprint density at radius 3 is 2.52 bits per heavy atom. The lowest BCUT2D eigenvalue weighted by Crippen LogP contribution is -1.97. The van der Waals surface area contributed by atoms with Crippen molar-refractivity contribution in [1.29, 1.82) is 0 Å². The summed E-state index contributed by atoms with van der Waals surface area (Å²) in [5, 5.41) is 8.09. The van der Waals surface area contributed by atoms with E-state index in [1.165, 1.54) is 6.07 Å². The lowest BCUT2D eigenvalue weighted by atomic mass is 10.1. The third kappa shape index (κ3) is 2.97. The molecule has 0 saturated heterocycles. The first-order chi connectivity index (χ1) is 10.2. The fraction of sp³-hybridized carbons (Fsp3) is 0.125. The van der Waals surface area contributed by atoms with Gasteiger partial charge in [0.2, 0.25) is 0 Å². The maximum absolute atomic E-state index is 13.6. The van der Waals surface area contributed by atoms with Crippen molar-refractivity contribution < 1.29 is 8.78 Å². The molecule has 21 heavy (non-hydrogen) atoms. The molecule has 0 amide bonds. The Hall–Kier alpha value is -2.56. The van der Waals surface area contributed by atoms with E-state index < -0.39 is 11.6 Å². The summed E-state index contributed by atoms with van der Waals surface area (Å²) in [5.74, 6) is -1.60. The van der Waals surface area contributed by atoms with Crippen LogP contribution in [0.4, 0.5) is 8.78 Å². The van der Waals surface area contributed by atoms with Gasteiger partial charge < -0.3 is 0 Å². The molecule has 2 aromatic carbocycles. The summed E-state index contributed by atoms with van der Waals surface area (Å²) in [5.41, 5.74) is 2.00. The van der Waals surface area contributed by atoms with Crippen LogP contribution in [0.25, 0.3) is 5.69 Å². The van der Waals surface area contributed by atoms with E-state index in [-0.39, 0.29) is 0 Å². The first-order valence-corrected chi connectivity index (χ1v) is 6.63. The molecule has 0 spiro atoms. The third-order valence-electron chi connectivity index (χ3n) is 3.24. The van der Waals surface area contributed by atoms with Crippen molar-refractivity contribution in [2.75, 3.05) is 0 Å². The molecular formula is C16H13F2N3. The number of nitrogens with zero attached hydrogens (tertiary/aromatic N) is 3. The molecule has 1 heterocycles. The zero-order valence-electron chi connectivity index (χ0n) is 11.2. The molecule has 0 fully saturated rings. The van der Waals surface area contributed by atoms with Crippen molar-refractivity contribution in [3.8, 4) is 5.69 Å². The van der Waals surface area contributed by atoms with Crippen molar-refractivity contribution in [3.63, 3.8) is 0 Å². The number of aryl methyl sites for hydroxylation is 2. The van der Waals surface area contributed by atoms with Crippen LogP contribution >= 0.6 is 0 Å². The van der Waals surface area contributed by atoms with Gasteiger partial charge in [-0.2, -0.15) is 0 Å². The van der Waals surface area contributed by atoms with Crippen molar-refractivity contribution in [1.82, 2.24) is 15.0 Å². The standard InChI is InChI=1S/C16H13F2N3/c17-15-8-4-5-12(16(15)18)9-10-13-11-21(20-19-13)14-6-2-1-3-7-14/h1-8,11H,9-10H2. The molecule has 0 saturated carbocycles. The average Bonchev–Trinajstić information content (AvgIpc) is 2.99. The third-order valence-corrected chi connectivity index (χ3v) is 3.24. The van der Waals surface area contributed by atoms with Crippen LogP contribution in [0.1, 0.15) is 11.3 Å². The number of para-hydroxylation sites is 1. The van der Waals surface area contributed by atoms with Crippen molar-refractivity contribution >= 4 is 0 Å². The van der Waals surface area contributed by atoms with Gasteiger partial charge in [-0.05, 0) is 36.6 Å². The molecule has 3 rings (SSSR count). The minimum absolute atomic E-state index is 0.351. The van der Waals surface area contributed by atoms with Gasteiger partial charge in [-0.1, -0.05) is 35.5 Å². The molecule has 0 bridgehead atoms. The van der Waals surface area contributed by atoms with Crippen LogP contribution in [0, 0.1) is 11.6 Å². The smallest absolute Gasteiger partial charge is 0.162 e. The predicted molar refractivity (Wildman–Crippen MR) is 75.1 cm³/mol. The van der Waals surface area contributed by atoms with Gasteiger partial charge in [0.15, 0.2) is 11.6 Å². The van der Waals surface area contributed by atoms with Crippen molar-refractivity contribution in [2.45, 2.75) is 12.8 Å². The van der Waals surface area contributed by atoms with E-state index in [1.807, 2.05) is 30.3 Å². The fourth-order valence-electron chi connectivity index (χ4n) is 2.12. The zero-order chi connectivity index (χ0) is 14.7. The van der Waals surface area contributed by atoms with E-state index in [0.717, 1.165) is 17.4 Å². The Morgan fingerprint density at radius 1 is 0.905 bits per heavy atom. The second-order valence-electron chi connectivity index (χ2n) is 4.70. The van der Waals surface area contributed by atoms with E-state index in [1.54, 1.807) is 16.9 Å². The number of aromatic nitrogens is 3. The van der Waals surface area contributed by atoms with Gasteiger partial charge in [-0.3, -0.25) is 0 Å². The van der Waals surface area contributed by atoms with Crippen LogP contribution in [0.15, 0.2) is 54.7 Å². The van der Waals surface area contributed by atoms with Crippen LogP contribution in [0.5, 0.6) is 0 Å². The summed E-state index contributed by atoms with van der Waals surface area (Å²) in [6.45, 7) is 0. The Labute approximate surface area is 120 Å². The highest BCUT2D eigenvalue weighted by Crippen LogP contribution is 2.14. The van der Waals surface area contributed by atoms with Crippen LogP contribution < -0.4 is 0 Å². The van der Waals surface area contributed by atoms with E-state index in [0.29, 0.717) is 18.4 Å². The van der Waals surface area contributed by atoms with E-state index in [2.05, 4.69) is 10.3 Å². The van der Waals surface area contributed by atoms with Crippen LogP contribution in [0.3, 0.4) is 0 Å². The normalized spacial score (nSPS) is 10.8. The second-order valence-corrected chi connectivity index (χ2v) is 4.70. The van der Waals surface area contributed by atoms with Crippen LogP contribution in [-0.2, 0) is 12.8 Å². The minimum atomic E-state index is -0.819. The maximum atomic E-state index is 13.6. The van der Waals surface area contributed by atoms with E-state index in [4.69, 9.17) is 0 Å². The van der Waals surface area contributed by atoms with Gasteiger partial charge >= 0.3 is 0 Å². The molecule has 0 aliphatic rings. The van der Waals surface area contributed by atoms with E-state index in [9.17, 15) is 8.78 Å². The van der Waals surface area contributed by atoms with Crippen LogP contribution in [-0.4, -0.2) is 15.0 Å². The highest BCUT2D eigenvalue weighted by Gasteiger charge is 2.09. The zero-order valence-corrected chi connectivity index (χ0v) is 11.2. The Kier molecular flexibility index (Phi) is 3.73. The molecule has 5 heteroatoms. The van der Waals surface area contributed by atoms with Crippen molar-refractivity contribution in [3.05, 3.63) is 77.6 Å². The van der Waals surface area contributed by atoms with Gasteiger partial charge in [0.25, 0.3) is 0 Å². The predicted octanol–water partition coefficient (Wildman–Crippen LogP) is 3.33. The summed E-state index contributed by atoms with van der Waals surface area (Å²) >= 11 is 0. The molecular weight excluding hydrogens is 272 g/mol. The molecule has 0 aliphatic heterocycles. The van der Waals surface area contributed by atoms with Gasteiger partial charge in [-0.25, -0.2) is 13.5 Å². The number of rotatable bonds is 4. The number of halogens is 2. The minimum Gasteiger partial charge on any atom is -0.220 e. The quantitative estimate of drug-likeness (QED) is 0.736. The summed E-state index contributed by atoms with van der Waals surface area (Å²) in [6, 6.07) is 13.8. The molecule has 1 aromatic heterocycles. The summed E-state index contributed by atoms with van der Waals surface area (Å²) < 4.78 is 28.3. The lowest BCUT2D eigenvalue weighted by molar-refractivity contribution is 0.498. The second kappa shape index (κ2) is 5.83. The van der Waals surface area contributed by atoms with Crippen molar-refractivity contribution in [2.24, 2.45) is 0 Å². The largest absolute Gasteiger partial charge is 0.220 e. The average molecular weight is 285 g/mol. The molecule has 0 unspecified atom stereocenters. The molecule has 0 atom stereocenters. The highest BCUT2D eigenvalue weighted by atomic mass is 19.2. The Bertz CT molecular complexity index is 738. The Morgan fingerprint density at radius 2 is 1.71 bits per heavy atom. The SMILES string of the molecule is Fc1cccc(CCc2cn(-c3ccccc3)nn2)c1F. The highest BCUT2D eigenvalue weighted by molar-refractivity contribution is 5.30. The van der Waals surface area contributed by atoms with Crippen LogP contribution in [0.2, 0.25) is 0 Å². The lowest BCUT2D eigenvalue weighted by Gasteiger charge is -2.02. The van der Waals surface area contributed by atoms with Gasteiger partial charge in [0, 0.05) is 0 Å². The fourth-order valence-corrected chi connectivity index (χ4v) is 2.12. The first kappa shape index (κ1) is 13.4. The molecule has 0 aliphatic carbocycles. The van der Waals surface area contributed by atoms with E-state index >= 15 is 0 Å². The summed E-state index contributed by atoms with van der Waals surface area (Å²) in [4.78, 5) is 0. The van der Waals surface area contributed by atoms with Gasteiger partial charge in [0.1, 0.15) is 0 Å². The van der Waals surface area contributed by atoms with Gasteiger partial charge in [-0.15, -0.1) is 5.10 Å². The number of benzene rings is 2. The number of hydrogen-bond donors (Lipinski definition) is 0. The topological polar surface area (TPSA) is 30.7 Å². The maximum Gasteiger partial charge on any atom is 0.162 e. The Balaban J connectivity index is 1.72. The summed E-state index contributed by atoms with van der Waals surface area (Å²) in [7, 11) is 0. The molecule has 0 radical (unpaired) electrons.